The number of aromatic nitrogens is 4. The van der Waals surface area contributed by atoms with Gasteiger partial charge in [-0.1, -0.05) is 13.3 Å². The number of aromatic amines is 1. The molecule has 2 rings (SSSR count). The van der Waals surface area contributed by atoms with E-state index >= 15 is 0 Å². The lowest BCUT2D eigenvalue weighted by atomic mass is 9.98. The third kappa shape index (κ3) is 2.20. The molecule has 6 heteroatoms. The maximum absolute atomic E-state index is 12.1. The molecule has 6 nitrogen and oxygen atoms in total. The zero-order valence-corrected chi connectivity index (χ0v) is 9.52. The molecule has 1 fully saturated rings. The molecule has 0 radical (unpaired) electrons. The largest absolute Gasteiger partial charge is 0.333 e. The van der Waals surface area contributed by atoms with Gasteiger partial charge in [-0.15, -0.1) is 10.2 Å². The number of hydrogen-bond acceptors (Lipinski definition) is 4. The minimum atomic E-state index is -0.0908. The van der Waals surface area contributed by atoms with Crippen molar-refractivity contribution < 1.29 is 4.79 Å². The van der Waals surface area contributed by atoms with Crippen molar-refractivity contribution in [2.75, 3.05) is 6.54 Å². The van der Waals surface area contributed by atoms with Crippen molar-refractivity contribution in [1.82, 2.24) is 25.5 Å². The summed E-state index contributed by atoms with van der Waals surface area (Å²) in [6, 6.07) is 0.352. The van der Waals surface area contributed by atoms with Gasteiger partial charge in [0.15, 0.2) is 0 Å². The van der Waals surface area contributed by atoms with Gasteiger partial charge in [-0.05, 0) is 30.9 Å². The summed E-state index contributed by atoms with van der Waals surface area (Å²) >= 11 is 0. The Bertz CT molecular complexity index is 335. The molecule has 1 saturated heterocycles. The highest BCUT2D eigenvalue weighted by Crippen LogP contribution is 2.21. The third-order valence-corrected chi connectivity index (χ3v) is 3.05. The van der Waals surface area contributed by atoms with E-state index in [9.17, 15) is 4.79 Å². The molecule has 0 bridgehead atoms. The van der Waals surface area contributed by atoms with Crippen LogP contribution in [0.15, 0.2) is 0 Å². The highest BCUT2D eigenvalue weighted by atomic mass is 16.2. The van der Waals surface area contributed by atoms with Crippen LogP contribution < -0.4 is 0 Å². The first kappa shape index (κ1) is 11.0. The summed E-state index contributed by atoms with van der Waals surface area (Å²) in [6.45, 7) is 2.96. The lowest BCUT2D eigenvalue weighted by Gasteiger charge is -2.34. The molecule has 1 amide bonds. The van der Waals surface area contributed by atoms with E-state index in [1.807, 2.05) is 4.90 Å². The Labute approximate surface area is 94.4 Å². The average Bonchev–Trinajstić information content (AvgIpc) is 2.83. The predicted molar refractivity (Wildman–Crippen MR) is 57.8 cm³/mol. The highest BCUT2D eigenvalue weighted by Gasteiger charge is 2.28. The van der Waals surface area contributed by atoms with Gasteiger partial charge >= 0.3 is 0 Å². The van der Waals surface area contributed by atoms with E-state index in [0.717, 1.165) is 32.2 Å². The molecule has 0 spiro atoms. The molecule has 0 aliphatic carbocycles. The third-order valence-electron chi connectivity index (χ3n) is 3.05. The average molecular weight is 223 g/mol. The molecule has 1 aliphatic rings. The maximum Gasteiger partial charge on any atom is 0.295 e. The topological polar surface area (TPSA) is 74.8 Å². The van der Waals surface area contributed by atoms with E-state index in [0.29, 0.717) is 6.04 Å². The molecular weight excluding hydrogens is 206 g/mol. The first-order valence-corrected chi connectivity index (χ1v) is 5.87. The zero-order chi connectivity index (χ0) is 11.4. The Balaban J connectivity index is 2.08. The molecule has 88 valence electrons. The molecule has 1 aromatic heterocycles. The lowest BCUT2D eigenvalue weighted by Crippen LogP contribution is -2.44. The van der Waals surface area contributed by atoms with E-state index in [-0.39, 0.29) is 11.7 Å². The van der Waals surface area contributed by atoms with Gasteiger partial charge in [0.1, 0.15) is 0 Å². The molecule has 2 heterocycles. The second kappa shape index (κ2) is 5.05. The SMILES string of the molecule is CCCC1CCCCN1C(=O)c1nn[nH]n1. The van der Waals surface area contributed by atoms with Gasteiger partial charge in [-0.3, -0.25) is 4.79 Å². The zero-order valence-electron chi connectivity index (χ0n) is 9.52. The van der Waals surface area contributed by atoms with Gasteiger partial charge in [0.25, 0.3) is 11.7 Å². The van der Waals surface area contributed by atoms with Crippen LogP contribution in [0.3, 0.4) is 0 Å². The minimum absolute atomic E-state index is 0.0908. The van der Waals surface area contributed by atoms with Crippen LogP contribution in [0.5, 0.6) is 0 Å². The van der Waals surface area contributed by atoms with Crippen LogP contribution in [0, 0.1) is 0 Å². The van der Waals surface area contributed by atoms with Crippen molar-refractivity contribution in [1.29, 1.82) is 0 Å². The number of piperidine rings is 1. The number of carbonyl (C=O) groups excluding carboxylic acids is 1. The molecule has 0 aromatic carbocycles. The van der Waals surface area contributed by atoms with Crippen molar-refractivity contribution in [2.45, 2.75) is 45.1 Å². The number of amides is 1. The highest BCUT2D eigenvalue weighted by molar-refractivity contribution is 5.90. The van der Waals surface area contributed by atoms with E-state index in [2.05, 4.69) is 27.5 Å². The summed E-state index contributed by atoms with van der Waals surface area (Å²) < 4.78 is 0. The summed E-state index contributed by atoms with van der Waals surface area (Å²) in [5.74, 6) is 0.0925. The van der Waals surface area contributed by atoms with Gasteiger partial charge in [0.2, 0.25) is 0 Å². The number of likely N-dealkylation sites (tertiary alicyclic amines) is 1. The molecular formula is C10H17N5O. The first-order chi connectivity index (χ1) is 7.83. The molecule has 1 atom stereocenters. The van der Waals surface area contributed by atoms with Crippen LogP contribution >= 0.6 is 0 Å². The molecule has 0 saturated carbocycles. The Morgan fingerprint density at radius 3 is 3.12 bits per heavy atom. The standard InChI is InChI=1S/C10H17N5O/c1-2-5-8-6-3-4-7-15(8)10(16)9-11-13-14-12-9/h8H,2-7H2,1H3,(H,11,12,13,14). The maximum atomic E-state index is 12.1. The van der Waals surface area contributed by atoms with E-state index < -0.39 is 0 Å². The van der Waals surface area contributed by atoms with Crippen molar-refractivity contribution in [3.05, 3.63) is 5.82 Å². The van der Waals surface area contributed by atoms with Crippen LogP contribution in [0.2, 0.25) is 0 Å². The summed E-state index contributed by atoms with van der Waals surface area (Å²) in [7, 11) is 0. The second-order valence-electron chi connectivity index (χ2n) is 4.17. The predicted octanol–water partition coefficient (Wildman–Crippen LogP) is 0.994. The molecule has 1 N–H and O–H groups in total. The molecule has 1 aromatic rings. The van der Waals surface area contributed by atoms with Crippen molar-refractivity contribution >= 4 is 5.91 Å². The fourth-order valence-corrected chi connectivity index (χ4v) is 2.28. The summed E-state index contributed by atoms with van der Waals surface area (Å²) in [6.07, 6.45) is 5.53. The Hall–Kier alpha value is -1.46. The fraction of sp³-hybridized carbons (Fsp3) is 0.800. The van der Waals surface area contributed by atoms with Crippen LogP contribution in [0.4, 0.5) is 0 Å². The number of nitrogens with one attached hydrogen (secondary N) is 1. The van der Waals surface area contributed by atoms with Crippen molar-refractivity contribution in [3.63, 3.8) is 0 Å². The van der Waals surface area contributed by atoms with E-state index in [4.69, 9.17) is 0 Å². The second-order valence-corrected chi connectivity index (χ2v) is 4.17. The Morgan fingerprint density at radius 1 is 1.56 bits per heavy atom. The smallest absolute Gasteiger partial charge is 0.295 e. The monoisotopic (exact) mass is 223 g/mol. The summed E-state index contributed by atoms with van der Waals surface area (Å²) in [5, 5.41) is 13.2. The molecule has 1 aliphatic heterocycles. The van der Waals surface area contributed by atoms with Crippen molar-refractivity contribution in [2.24, 2.45) is 0 Å². The summed E-state index contributed by atoms with van der Waals surface area (Å²) in [5.41, 5.74) is 0. The number of tetrazole rings is 1. The van der Waals surface area contributed by atoms with Crippen LogP contribution in [0.25, 0.3) is 0 Å². The van der Waals surface area contributed by atoms with Crippen molar-refractivity contribution in [3.8, 4) is 0 Å². The minimum Gasteiger partial charge on any atom is -0.333 e. The Kier molecular flexibility index (Phi) is 3.48. The number of H-pyrrole nitrogens is 1. The number of nitrogens with zero attached hydrogens (tertiary/aromatic N) is 4. The molecule has 16 heavy (non-hydrogen) atoms. The van der Waals surface area contributed by atoms with Gasteiger partial charge in [-0.2, -0.15) is 5.21 Å². The van der Waals surface area contributed by atoms with Crippen LogP contribution in [-0.2, 0) is 0 Å². The lowest BCUT2D eigenvalue weighted by molar-refractivity contribution is 0.0588. The quantitative estimate of drug-likeness (QED) is 0.829. The van der Waals surface area contributed by atoms with Gasteiger partial charge in [0.05, 0.1) is 0 Å². The fourth-order valence-electron chi connectivity index (χ4n) is 2.28. The number of rotatable bonds is 3. The van der Waals surface area contributed by atoms with Gasteiger partial charge in [0, 0.05) is 12.6 Å². The first-order valence-electron chi connectivity index (χ1n) is 5.87. The molecule has 1 unspecified atom stereocenters. The van der Waals surface area contributed by atoms with E-state index in [1.165, 1.54) is 6.42 Å². The van der Waals surface area contributed by atoms with Crippen LogP contribution in [0.1, 0.15) is 49.6 Å². The van der Waals surface area contributed by atoms with Gasteiger partial charge in [-0.25, -0.2) is 0 Å². The van der Waals surface area contributed by atoms with Gasteiger partial charge < -0.3 is 4.90 Å². The Morgan fingerprint density at radius 2 is 2.44 bits per heavy atom. The number of carbonyl (C=O) groups is 1. The normalized spacial score (nSPS) is 21.1. The summed E-state index contributed by atoms with van der Waals surface area (Å²) in [4.78, 5) is 14.0. The van der Waals surface area contributed by atoms with Crippen LogP contribution in [-0.4, -0.2) is 44.0 Å². The number of hydrogen-bond donors (Lipinski definition) is 1. The van der Waals surface area contributed by atoms with E-state index in [1.54, 1.807) is 0 Å².